The first kappa shape index (κ1) is 21.1. The van der Waals surface area contributed by atoms with Crippen LogP contribution < -0.4 is 4.72 Å². The lowest BCUT2D eigenvalue weighted by Crippen LogP contribution is -2.26. The molecular formula is C23H27N3O2S. The number of nitrogens with one attached hydrogen (secondary N) is 2. The maximum Gasteiger partial charge on any atom is 0.241 e. The second-order valence-electron chi connectivity index (χ2n) is 7.61. The Hall–Kier alpha value is -2.62. The van der Waals surface area contributed by atoms with Gasteiger partial charge in [0.1, 0.15) is 0 Å². The largest absolute Gasteiger partial charge is 0.361 e. The molecule has 3 rings (SSSR count). The molecule has 6 heteroatoms. The number of sulfonamides is 1. The van der Waals surface area contributed by atoms with Gasteiger partial charge in [0.15, 0.2) is 0 Å². The van der Waals surface area contributed by atoms with Gasteiger partial charge < -0.3 is 4.98 Å². The topological polar surface area (TPSA) is 85.8 Å². The summed E-state index contributed by atoms with van der Waals surface area (Å²) in [5, 5.41) is 10.0. The fourth-order valence-electron chi connectivity index (χ4n) is 3.94. The van der Waals surface area contributed by atoms with E-state index in [4.69, 9.17) is 5.26 Å². The van der Waals surface area contributed by atoms with Gasteiger partial charge in [-0.05, 0) is 74.4 Å². The summed E-state index contributed by atoms with van der Waals surface area (Å²) in [6, 6.07) is 12.2. The normalized spacial score (nSPS) is 11.7. The van der Waals surface area contributed by atoms with Crippen LogP contribution in [-0.4, -0.2) is 19.9 Å². The van der Waals surface area contributed by atoms with Crippen LogP contribution in [0.2, 0.25) is 0 Å². The third-order valence-corrected chi connectivity index (χ3v) is 6.92. The molecule has 0 bridgehead atoms. The number of nitrogens with zero attached hydrogens (tertiary/aromatic N) is 1. The average Bonchev–Trinajstić information content (AvgIpc) is 3.03. The summed E-state index contributed by atoms with van der Waals surface area (Å²) in [5.41, 5.74) is 5.88. The van der Waals surface area contributed by atoms with E-state index in [9.17, 15) is 8.42 Å². The first-order valence-corrected chi connectivity index (χ1v) is 11.3. The van der Waals surface area contributed by atoms with Gasteiger partial charge in [0.25, 0.3) is 0 Å². The van der Waals surface area contributed by atoms with Crippen LogP contribution in [0.3, 0.4) is 0 Å². The van der Waals surface area contributed by atoms with Crippen molar-refractivity contribution in [2.45, 2.75) is 51.3 Å². The van der Waals surface area contributed by atoms with Crippen molar-refractivity contribution in [1.82, 2.24) is 9.71 Å². The summed E-state index contributed by atoms with van der Waals surface area (Å²) in [7, 11) is -3.50. The zero-order chi connectivity index (χ0) is 21.0. The first-order chi connectivity index (χ1) is 13.8. The molecule has 2 aromatic carbocycles. The molecule has 0 spiro atoms. The average molecular weight is 410 g/mol. The molecule has 0 atom stereocenters. The molecule has 0 saturated heterocycles. The number of hydrogen-bond donors (Lipinski definition) is 2. The molecule has 0 fully saturated rings. The molecule has 0 aliphatic heterocycles. The Morgan fingerprint density at radius 3 is 2.48 bits per heavy atom. The molecule has 1 heterocycles. The highest BCUT2D eigenvalue weighted by Gasteiger charge is 2.19. The molecule has 1 aromatic heterocycles. The molecule has 5 nitrogen and oxygen atoms in total. The quantitative estimate of drug-likeness (QED) is 0.539. The van der Waals surface area contributed by atoms with Crippen molar-refractivity contribution in [3.8, 4) is 6.07 Å². The Bertz CT molecular complexity index is 1150. The second kappa shape index (κ2) is 8.81. The number of nitriles is 1. The fraction of sp³-hybridized carbons (Fsp3) is 0.348. The van der Waals surface area contributed by atoms with Gasteiger partial charge >= 0.3 is 0 Å². The van der Waals surface area contributed by atoms with Crippen molar-refractivity contribution in [3.05, 3.63) is 64.3 Å². The van der Waals surface area contributed by atoms with Crippen molar-refractivity contribution >= 4 is 20.9 Å². The van der Waals surface area contributed by atoms with Crippen molar-refractivity contribution < 1.29 is 8.42 Å². The molecule has 0 amide bonds. The van der Waals surface area contributed by atoms with Gasteiger partial charge in [-0.3, -0.25) is 0 Å². The monoisotopic (exact) mass is 409 g/mol. The van der Waals surface area contributed by atoms with E-state index in [0.717, 1.165) is 52.4 Å². The summed E-state index contributed by atoms with van der Waals surface area (Å²) in [6.45, 7) is 6.07. The van der Waals surface area contributed by atoms with Crippen LogP contribution in [0.25, 0.3) is 10.9 Å². The predicted molar refractivity (Wildman–Crippen MR) is 116 cm³/mol. The predicted octanol–water partition coefficient (Wildman–Crippen LogP) is 4.46. The van der Waals surface area contributed by atoms with E-state index in [-0.39, 0.29) is 0 Å². The van der Waals surface area contributed by atoms with E-state index in [1.165, 1.54) is 5.56 Å². The van der Waals surface area contributed by atoms with E-state index in [1.807, 2.05) is 45.2 Å². The Labute approximate surface area is 172 Å². The van der Waals surface area contributed by atoms with Crippen LogP contribution >= 0.6 is 0 Å². The van der Waals surface area contributed by atoms with Gasteiger partial charge in [0.2, 0.25) is 10.0 Å². The Kier molecular flexibility index (Phi) is 6.41. The Morgan fingerprint density at radius 2 is 1.79 bits per heavy atom. The maximum atomic E-state index is 12.7. The van der Waals surface area contributed by atoms with Crippen molar-refractivity contribution in [2.24, 2.45) is 0 Å². The number of unbranched alkanes of at least 4 members (excludes halogenated alkanes) is 1. The van der Waals surface area contributed by atoms with Gasteiger partial charge in [-0.2, -0.15) is 5.26 Å². The number of H-pyrrole nitrogens is 1. The number of aromatic nitrogens is 1. The summed E-state index contributed by atoms with van der Waals surface area (Å²) in [6.07, 6.45) is 4.80. The molecule has 0 radical (unpaired) electrons. The summed E-state index contributed by atoms with van der Waals surface area (Å²) < 4.78 is 28.1. The highest BCUT2D eigenvalue weighted by atomic mass is 32.2. The second-order valence-corrected chi connectivity index (χ2v) is 9.32. The molecule has 0 aliphatic carbocycles. The Morgan fingerprint density at radius 1 is 1.07 bits per heavy atom. The summed E-state index contributed by atoms with van der Waals surface area (Å²) in [5.74, 6) is 0. The summed E-state index contributed by atoms with van der Waals surface area (Å²) >= 11 is 0. The van der Waals surface area contributed by atoms with Gasteiger partial charge in [0, 0.05) is 23.6 Å². The molecule has 0 aliphatic rings. The minimum atomic E-state index is -3.50. The highest BCUT2D eigenvalue weighted by Crippen LogP contribution is 2.22. The van der Waals surface area contributed by atoms with Crippen LogP contribution in [0.4, 0.5) is 0 Å². The number of aryl methyl sites for hydroxylation is 4. The van der Waals surface area contributed by atoms with Crippen LogP contribution in [0, 0.1) is 32.1 Å². The van der Waals surface area contributed by atoms with E-state index < -0.39 is 10.0 Å². The minimum Gasteiger partial charge on any atom is -0.361 e. The lowest BCUT2D eigenvalue weighted by molar-refractivity contribution is 0.575. The minimum absolute atomic E-state index is 0.392. The van der Waals surface area contributed by atoms with Gasteiger partial charge in [-0.15, -0.1) is 0 Å². The van der Waals surface area contributed by atoms with Gasteiger partial charge in [0.05, 0.1) is 17.4 Å². The molecule has 2 N–H and O–H groups in total. The number of fused-ring (bicyclic) bond motifs is 1. The van der Waals surface area contributed by atoms with Crippen molar-refractivity contribution in [1.29, 1.82) is 5.26 Å². The zero-order valence-corrected chi connectivity index (χ0v) is 18.0. The molecule has 0 saturated carbocycles. The Balaban J connectivity index is 1.57. The van der Waals surface area contributed by atoms with Crippen LogP contribution in [0.5, 0.6) is 0 Å². The lowest BCUT2D eigenvalue weighted by atomic mass is 10.0. The smallest absolute Gasteiger partial charge is 0.241 e. The standard InChI is InChI=1S/C23H27N3O2S/c1-16-12-17(2)23(18(3)13-16)29(27,28)26-11-5-4-6-19-7-8-22-21(14-19)20(9-10-24)15-25-22/h7-8,12-15,25-26H,4-6,9,11H2,1-3H3. The highest BCUT2D eigenvalue weighted by molar-refractivity contribution is 7.89. The molecular weight excluding hydrogens is 382 g/mol. The molecule has 0 unspecified atom stereocenters. The third kappa shape index (κ3) is 4.87. The fourth-order valence-corrected chi connectivity index (χ4v) is 5.46. The number of rotatable bonds is 8. The maximum absolute atomic E-state index is 12.7. The number of benzene rings is 2. The van der Waals surface area contributed by atoms with Crippen molar-refractivity contribution in [2.75, 3.05) is 6.54 Å². The van der Waals surface area contributed by atoms with E-state index in [1.54, 1.807) is 0 Å². The van der Waals surface area contributed by atoms with Gasteiger partial charge in [-0.25, -0.2) is 13.1 Å². The van der Waals surface area contributed by atoms with Gasteiger partial charge in [-0.1, -0.05) is 23.8 Å². The third-order valence-electron chi connectivity index (χ3n) is 5.16. The number of hydrogen-bond acceptors (Lipinski definition) is 3. The lowest BCUT2D eigenvalue weighted by Gasteiger charge is -2.13. The van der Waals surface area contributed by atoms with E-state index in [2.05, 4.69) is 27.9 Å². The zero-order valence-electron chi connectivity index (χ0n) is 17.2. The molecule has 29 heavy (non-hydrogen) atoms. The van der Waals surface area contributed by atoms with E-state index in [0.29, 0.717) is 17.9 Å². The SMILES string of the molecule is Cc1cc(C)c(S(=O)(=O)NCCCCc2ccc3[nH]cc(CC#N)c3c2)c(C)c1. The van der Waals surface area contributed by atoms with E-state index >= 15 is 0 Å². The number of aromatic amines is 1. The molecule has 152 valence electrons. The first-order valence-electron chi connectivity index (χ1n) is 9.85. The van der Waals surface area contributed by atoms with Crippen LogP contribution in [0.1, 0.15) is 40.7 Å². The molecule has 3 aromatic rings. The van der Waals surface area contributed by atoms with Crippen LogP contribution in [0.15, 0.2) is 41.4 Å². The summed E-state index contributed by atoms with van der Waals surface area (Å²) in [4.78, 5) is 3.59. The van der Waals surface area contributed by atoms with Crippen molar-refractivity contribution in [3.63, 3.8) is 0 Å². The van der Waals surface area contributed by atoms with Crippen LogP contribution in [-0.2, 0) is 22.9 Å².